The van der Waals surface area contributed by atoms with Crippen LogP contribution < -0.4 is 15.1 Å². The fourth-order valence-corrected chi connectivity index (χ4v) is 10.1. The van der Waals surface area contributed by atoms with E-state index in [1.165, 1.54) is 17.5 Å². The minimum absolute atomic E-state index is 0.211. The van der Waals surface area contributed by atoms with E-state index in [1.807, 2.05) is 42.5 Å². The second-order valence-corrected chi connectivity index (χ2v) is 15.7. The van der Waals surface area contributed by atoms with Crippen LogP contribution in [0, 0.1) is 5.92 Å². The van der Waals surface area contributed by atoms with E-state index < -0.39 is 25.8 Å². The molecule has 3 aromatic carbocycles. The van der Waals surface area contributed by atoms with Crippen LogP contribution in [0.15, 0.2) is 110 Å². The summed E-state index contributed by atoms with van der Waals surface area (Å²) >= 11 is 0. The highest BCUT2D eigenvalue weighted by molar-refractivity contribution is 6.99. The van der Waals surface area contributed by atoms with E-state index in [2.05, 4.69) is 88.9 Å². The number of methoxy groups -OCH3 is 2. The van der Waals surface area contributed by atoms with Crippen molar-refractivity contribution in [3.05, 3.63) is 115 Å². The summed E-state index contributed by atoms with van der Waals surface area (Å²) in [4.78, 5) is 13.7. The van der Waals surface area contributed by atoms with Crippen LogP contribution >= 0.6 is 0 Å². The maximum Gasteiger partial charge on any atom is 0.339 e. The molecule has 0 aliphatic rings. The number of rotatable bonds is 15. The van der Waals surface area contributed by atoms with Gasteiger partial charge in [-0.2, -0.15) is 0 Å². The standard InChI is InChI=1S/C36H46O5Si/c1-8-10-17-30(36(26-9-2,34(37)39-7)40-27-29-22-24-31(38-6)25-23-29)28-41-42(35(3,4)5,32-18-13-11-14-19-32)33-20-15-12-16-21-33/h9-25,30H,2,8,26-28H2,1,3-7H3/b17-10+/t30-,36+/m0/s1. The molecule has 0 amide bonds. The largest absolute Gasteiger partial charge is 0.497 e. The van der Waals surface area contributed by atoms with Crippen molar-refractivity contribution in [1.29, 1.82) is 0 Å². The molecule has 0 spiro atoms. The first-order chi connectivity index (χ1) is 20.2. The van der Waals surface area contributed by atoms with E-state index in [0.29, 0.717) is 0 Å². The van der Waals surface area contributed by atoms with E-state index in [9.17, 15) is 4.79 Å². The Hall–Kier alpha value is -3.45. The third-order valence-corrected chi connectivity index (χ3v) is 12.7. The number of carbonyl (C=O) groups excluding carboxylic acids is 1. The highest BCUT2D eigenvalue weighted by Crippen LogP contribution is 2.39. The van der Waals surface area contributed by atoms with Crippen molar-refractivity contribution in [1.82, 2.24) is 0 Å². The minimum atomic E-state index is -2.88. The second kappa shape index (κ2) is 15.1. The van der Waals surface area contributed by atoms with E-state index in [4.69, 9.17) is 18.6 Å². The van der Waals surface area contributed by atoms with Gasteiger partial charge in [0.2, 0.25) is 0 Å². The Morgan fingerprint density at radius 3 is 1.93 bits per heavy atom. The van der Waals surface area contributed by atoms with Crippen LogP contribution in [-0.4, -0.2) is 40.7 Å². The molecule has 6 heteroatoms. The number of benzene rings is 3. The molecule has 42 heavy (non-hydrogen) atoms. The lowest BCUT2D eigenvalue weighted by Crippen LogP contribution is -2.67. The van der Waals surface area contributed by atoms with Crippen molar-refractivity contribution in [2.45, 2.75) is 57.8 Å². The van der Waals surface area contributed by atoms with Gasteiger partial charge in [-0.25, -0.2) is 4.79 Å². The summed E-state index contributed by atoms with van der Waals surface area (Å²) in [6.45, 7) is 13.3. The Morgan fingerprint density at radius 1 is 0.905 bits per heavy atom. The SMILES string of the molecule is C=CC[C@](OCc1ccc(OC)cc1)(C(=O)OC)[C@@H](/C=C/CC)CO[Si](c1ccccc1)(c1ccccc1)C(C)(C)C. The summed E-state index contributed by atoms with van der Waals surface area (Å²) in [6, 6.07) is 28.6. The van der Waals surface area contributed by atoms with Crippen LogP contribution in [0.1, 0.15) is 46.1 Å². The minimum Gasteiger partial charge on any atom is -0.497 e. The normalized spacial score (nSPS) is 14.2. The summed E-state index contributed by atoms with van der Waals surface area (Å²) in [6.07, 6.45) is 6.90. The van der Waals surface area contributed by atoms with Crippen molar-refractivity contribution in [3.63, 3.8) is 0 Å². The fraction of sp³-hybridized carbons (Fsp3) is 0.361. The van der Waals surface area contributed by atoms with Gasteiger partial charge < -0.3 is 18.6 Å². The van der Waals surface area contributed by atoms with Crippen LogP contribution in [-0.2, 0) is 25.3 Å². The first kappa shape index (κ1) is 33.1. The van der Waals surface area contributed by atoms with E-state index in [-0.39, 0.29) is 24.7 Å². The zero-order chi connectivity index (χ0) is 30.6. The third-order valence-electron chi connectivity index (χ3n) is 7.73. The molecule has 0 saturated carbocycles. The third kappa shape index (κ3) is 7.30. The lowest BCUT2D eigenvalue weighted by molar-refractivity contribution is -0.179. The molecule has 0 aromatic heterocycles. The zero-order valence-electron chi connectivity index (χ0n) is 26.0. The van der Waals surface area contributed by atoms with Gasteiger partial charge in [-0.1, -0.05) is 119 Å². The summed E-state index contributed by atoms with van der Waals surface area (Å²) in [7, 11) is 0.160. The fourth-order valence-electron chi connectivity index (χ4n) is 5.55. The number of ether oxygens (including phenoxy) is 3. The zero-order valence-corrected chi connectivity index (χ0v) is 27.0. The van der Waals surface area contributed by atoms with E-state index >= 15 is 0 Å². The topological polar surface area (TPSA) is 54.0 Å². The summed E-state index contributed by atoms with van der Waals surface area (Å²) in [5.41, 5.74) is -0.424. The van der Waals surface area contributed by atoms with Gasteiger partial charge in [-0.15, -0.1) is 6.58 Å². The predicted molar refractivity (Wildman–Crippen MR) is 174 cm³/mol. The van der Waals surface area contributed by atoms with Gasteiger partial charge in [0.05, 0.1) is 20.8 Å². The first-order valence-electron chi connectivity index (χ1n) is 14.6. The van der Waals surface area contributed by atoms with Crippen molar-refractivity contribution in [3.8, 4) is 5.75 Å². The first-order valence-corrected chi connectivity index (χ1v) is 16.5. The average Bonchev–Trinajstić information content (AvgIpc) is 3.01. The molecule has 0 saturated heterocycles. The molecule has 0 aliphatic heterocycles. The maximum absolute atomic E-state index is 13.7. The molecule has 0 aliphatic carbocycles. The number of allylic oxidation sites excluding steroid dienone is 1. The molecular formula is C36H46O5Si. The molecule has 0 radical (unpaired) electrons. The van der Waals surface area contributed by atoms with Gasteiger partial charge in [0.1, 0.15) is 5.75 Å². The van der Waals surface area contributed by atoms with Gasteiger partial charge >= 0.3 is 5.97 Å². The van der Waals surface area contributed by atoms with Crippen LogP contribution in [0.2, 0.25) is 5.04 Å². The molecule has 0 fully saturated rings. The smallest absolute Gasteiger partial charge is 0.339 e. The van der Waals surface area contributed by atoms with Crippen LogP contribution in [0.5, 0.6) is 5.75 Å². The van der Waals surface area contributed by atoms with Crippen molar-refractivity contribution >= 4 is 24.7 Å². The molecule has 3 rings (SSSR count). The van der Waals surface area contributed by atoms with Crippen molar-refractivity contribution in [2.75, 3.05) is 20.8 Å². The number of esters is 1. The monoisotopic (exact) mass is 586 g/mol. The average molecular weight is 587 g/mol. The lowest BCUT2D eigenvalue weighted by atomic mass is 9.83. The summed E-state index contributed by atoms with van der Waals surface area (Å²) in [5, 5.41) is 2.13. The Morgan fingerprint density at radius 2 is 1.48 bits per heavy atom. The molecule has 224 valence electrons. The number of carbonyl (C=O) groups is 1. The highest BCUT2D eigenvalue weighted by Gasteiger charge is 2.53. The lowest BCUT2D eigenvalue weighted by Gasteiger charge is -2.45. The van der Waals surface area contributed by atoms with Gasteiger partial charge in [-0.3, -0.25) is 0 Å². The van der Waals surface area contributed by atoms with Crippen molar-refractivity contribution in [2.24, 2.45) is 5.92 Å². The Kier molecular flexibility index (Phi) is 11.9. The second-order valence-electron chi connectivity index (χ2n) is 11.4. The molecule has 5 nitrogen and oxygen atoms in total. The van der Waals surface area contributed by atoms with E-state index in [0.717, 1.165) is 17.7 Å². The Labute approximate surface area is 253 Å². The maximum atomic E-state index is 13.7. The quantitative estimate of drug-likeness (QED) is 0.111. The molecular weight excluding hydrogens is 540 g/mol. The molecule has 2 atom stereocenters. The highest BCUT2D eigenvalue weighted by atomic mass is 28.4. The van der Waals surface area contributed by atoms with Gasteiger partial charge in [0, 0.05) is 18.9 Å². The van der Waals surface area contributed by atoms with Crippen LogP contribution in [0.25, 0.3) is 0 Å². The summed E-state index contributed by atoms with van der Waals surface area (Å²) < 4.78 is 24.6. The van der Waals surface area contributed by atoms with Gasteiger partial charge in [-0.05, 0) is 39.5 Å². The molecule has 3 aromatic rings. The molecule has 0 heterocycles. The molecule has 0 N–H and O–H groups in total. The number of hydrogen-bond acceptors (Lipinski definition) is 5. The number of hydrogen-bond donors (Lipinski definition) is 0. The van der Waals surface area contributed by atoms with Gasteiger partial charge in [0.15, 0.2) is 5.60 Å². The Bertz CT molecular complexity index is 1240. The predicted octanol–water partition coefficient (Wildman–Crippen LogP) is 6.86. The Balaban J connectivity index is 2.12. The van der Waals surface area contributed by atoms with Gasteiger partial charge in [0.25, 0.3) is 8.32 Å². The van der Waals surface area contributed by atoms with Crippen molar-refractivity contribution < 1.29 is 23.4 Å². The van der Waals surface area contributed by atoms with Crippen LogP contribution in [0.4, 0.5) is 0 Å². The summed E-state index contributed by atoms with van der Waals surface area (Å²) in [5.74, 6) is -0.137. The molecule has 0 bridgehead atoms. The van der Waals surface area contributed by atoms with E-state index in [1.54, 1.807) is 13.2 Å². The molecule has 0 unspecified atom stereocenters. The van der Waals surface area contributed by atoms with Crippen LogP contribution in [0.3, 0.4) is 0 Å².